The molecule has 0 unspecified atom stereocenters. The van der Waals surface area contributed by atoms with E-state index in [1.165, 1.54) is 0 Å². The lowest BCUT2D eigenvalue weighted by molar-refractivity contribution is 0.414. The summed E-state index contributed by atoms with van der Waals surface area (Å²) in [6.45, 7) is 1.81. The maximum Gasteiger partial charge on any atom is 0.120 e. The molecule has 1 aliphatic rings. The van der Waals surface area contributed by atoms with Crippen LogP contribution < -0.4 is 15.8 Å². The van der Waals surface area contributed by atoms with Crippen LogP contribution in [-0.4, -0.2) is 25.7 Å². The number of methoxy groups -OCH3 is 1. The second kappa shape index (κ2) is 5.25. The predicted molar refractivity (Wildman–Crippen MR) is 70.7 cm³/mol. The van der Waals surface area contributed by atoms with E-state index in [2.05, 4.69) is 5.32 Å². The average Bonchev–Trinajstić information content (AvgIpc) is 3.04. The first-order valence-corrected chi connectivity index (χ1v) is 6.33. The second-order valence-electron chi connectivity index (χ2n) is 4.75. The minimum Gasteiger partial charge on any atom is -0.497 e. The Labute approximate surface area is 107 Å². The molecule has 0 spiro atoms. The molecule has 3 N–H and O–H groups in total. The molecular formula is C13H19ClN2O. The van der Waals surface area contributed by atoms with E-state index in [9.17, 15) is 0 Å². The van der Waals surface area contributed by atoms with E-state index in [0.29, 0.717) is 0 Å². The minimum absolute atomic E-state index is 0.0731. The van der Waals surface area contributed by atoms with Crippen LogP contribution in [0.15, 0.2) is 18.2 Å². The molecule has 4 heteroatoms. The number of hydrogen-bond donors (Lipinski definition) is 2. The summed E-state index contributed by atoms with van der Waals surface area (Å²) in [6.07, 6.45) is 3.20. The molecule has 0 aromatic heterocycles. The summed E-state index contributed by atoms with van der Waals surface area (Å²) in [7, 11) is 1.64. The van der Waals surface area contributed by atoms with Crippen LogP contribution in [0.4, 0.5) is 0 Å². The molecule has 1 fully saturated rings. The number of rotatable bonds is 6. The number of nitrogens with one attached hydrogen (secondary N) is 1. The van der Waals surface area contributed by atoms with E-state index < -0.39 is 0 Å². The Hall–Kier alpha value is -0.770. The molecule has 0 saturated heterocycles. The van der Waals surface area contributed by atoms with Gasteiger partial charge in [-0.05, 0) is 43.5 Å². The zero-order valence-corrected chi connectivity index (χ0v) is 10.9. The molecule has 0 bridgehead atoms. The van der Waals surface area contributed by atoms with E-state index in [1.807, 2.05) is 18.2 Å². The van der Waals surface area contributed by atoms with Crippen molar-refractivity contribution in [3.63, 3.8) is 0 Å². The fraction of sp³-hybridized carbons (Fsp3) is 0.538. The van der Waals surface area contributed by atoms with Gasteiger partial charge in [0.05, 0.1) is 7.11 Å². The van der Waals surface area contributed by atoms with Gasteiger partial charge in [-0.15, -0.1) is 0 Å². The Morgan fingerprint density at radius 2 is 2.24 bits per heavy atom. The van der Waals surface area contributed by atoms with Gasteiger partial charge in [-0.3, -0.25) is 0 Å². The van der Waals surface area contributed by atoms with Crippen molar-refractivity contribution in [2.75, 3.05) is 20.2 Å². The molecule has 1 aromatic carbocycles. The topological polar surface area (TPSA) is 47.3 Å². The Morgan fingerprint density at radius 1 is 1.47 bits per heavy atom. The largest absolute Gasteiger partial charge is 0.497 e. The highest BCUT2D eigenvalue weighted by Gasteiger charge is 2.37. The zero-order valence-electron chi connectivity index (χ0n) is 10.1. The van der Waals surface area contributed by atoms with Gasteiger partial charge in [0.1, 0.15) is 5.75 Å². The van der Waals surface area contributed by atoms with Crippen LogP contribution in [0.3, 0.4) is 0 Å². The van der Waals surface area contributed by atoms with Gasteiger partial charge < -0.3 is 15.8 Å². The van der Waals surface area contributed by atoms with Crippen LogP contribution in [0.5, 0.6) is 5.75 Å². The second-order valence-corrected chi connectivity index (χ2v) is 5.15. The predicted octanol–water partition coefficient (Wildman–Crippen LogP) is 1.97. The minimum atomic E-state index is 0.0731. The van der Waals surface area contributed by atoms with Gasteiger partial charge in [0.25, 0.3) is 0 Å². The number of nitrogens with two attached hydrogens (primary N) is 1. The highest BCUT2D eigenvalue weighted by Crippen LogP contribution is 2.31. The molecule has 0 amide bonds. The summed E-state index contributed by atoms with van der Waals surface area (Å²) in [5, 5.41) is 4.14. The molecule has 94 valence electrons. The van der Waals surface area contributed by atoms with Gasteiger partial charge in [0.15, 0.2) is 0 Å². The fourth-order valence-electron chi connectivity index (χ4n) is 1.76. The average molecular weight is 255 g/mol. The van der Waals surface area contributed by atoms with Gasteiger partial charge in [-0.25, -0.2) is 0 Å². The molecule has 2 rings (SSSR count). The zero-order chi connectivity index (χ0) is 12.3. The summed E-state index contributed by atoms with van der Waals surface area (Å²) in [5.74, 6) is 0.797. The Bertz CT molecular complexity index is 391. The summed E-state index contributed by atoms with van der Waals surface area (Å²) in [5.41, 5.74) is 7.20. The SMILES string of the molecule is COc1ccc(CCNCC2(N)CC2)c(Cl)c1. The van der Waals surface area contributed by atoms with Gasteiger partial charge in [0.2, 0.25) is 0 Å². The third kappa shape index (κ3) is 3.60. The van der Waals surface area contributed by atoms with E-state index in [1.54, 1.807) is 7.11 Å². The fourth-order valence-corrected chi connectivity index (χ4v) is 2.02. The number of benzene rings is 1. The lowest BCUT2D eigenvalue weighted by atomic mass is 10.1. The monoisotopic (exact) mass is 254 g/mol. The third-order valence-corrected chi connectivity index (χ3v) is 3.55. The quantitative estimate of drug-likeness (QED) is 0.763. The van der Waals surface area contributed by atoms with Crippen molar-refractivity contribution < 1.29 is 4.74 Å². The van der Waals surface area contributed by atoms with Crippen LogP contribution in [0.1, 0.15) is 18.4 Å². The van der Waals surface area contributed by atoms with E-state index in [0.717, 1.165) is 48.7 Å². The third-order valence-electron chi connectivity index (χ3n) is 3.20. The lowest BCUT2D eigenvalue weighted by Crippen LogP contribution is -2.36. The Balaban J connectivity index is 1.78. The number of ether oxygens (including phenoxy) is 1. The molecule has 1 aromatic rings. The first-order chi connectivity index (χ1) is 8.13. The summed E-state index contributed by atoms with van der Waals surface area (Å²) in [4.78, 5) is 0. The van der Waals surface area contributed by atoms with Crippen LogP contribution in [-0.2, 0) is 6.42 Å². The molecule has 0 radical (unpaired) electrons. The summed E-state index contributed by atoms with van der Waals surface area (Å²) < 4.78 is 5.11. The van der Waals surface area contributed by atoms with Crippen molar-refractivity contribution in [3.05, 3.63) is 28.8 Å². The van der Waals surface area contributed by atoms with Crippen molar-refractivity contribution in [3.8, 4) is 5.75 Å². The van der Waals surface area contributed by atoms with Crippen molar-refractivity contribution in [1.29, 1.82) is 0 Å². The number of hydrogen-bond acceptors (Lipinski definition) is 3. The van der Waals surface area contributed by atoms with Gasteiger partial charge in [-0.1, -0.05) is 17.7 Å². The highest BCUT2D eigenvalue weighted by molar-refractivity contribution is 6.31. The van der Waals surface area contributed by atoms with E-state index in [4.69, 9.17) is 22.1 Å². The maximum atomic E-state index is 6.16. The molecule has 3 nitrogen and oxygen atoms in total. The summed E-state index contributed by atoms with van der Waals surface area (Å²) in [6, 6.07) is 5.80. The van der Waals surface area contributed by atoms with Gasteiger partial charge in [0, 0.05) is 17.1 Å². The van der Waals surface area contributed by atoms with Crippen LogP contribution in [0, 0.1) is 0 Å². The molecular weight excluding hydrogens is 236 g/mol. The van der Waals surface area contributed by atoms with Crippen molar-refractivity contribution in [2.45, 2.75) is 24.8 Å². The maximum absolute atomic E-state index is 6.16. The van der Waals surface area contributed by atoms with Crippen molar-refractivity contribution >= 4 is 11.6 Å². The first-order valence-electron chi connectivity index (χ1n) is 5.95. The standard InChI is InChI=1S/C13H19ClN2O/c1-17-11-3-2-10(12(14)8-11)4-7-16-9-13(15)5-6-13/h2-3,8,16H,4-7,9,15H2,1H3. The van der Waals surface area contributed by atoms with Crippen LogP contribution in [0.25, 0.3) is 0 Å². The first kappa shape index (κ1) is 12.7. The molecule has 1 aliphatic carbocycles. The smallest absolute Gasteiger partial charge is 0.120 e. The summed E-state index contributed by atoms with van der Waals surface area (Å²) >= 11 is 6.16. The lowest BCUT2D eigenvalue weighted by Gasteiger charge is -2.11. The van der Waals surface area contributed by atoms with E-state index >= 15 is 0 Å². The normalized spacial score (nSPS) is 16.9. The molecule has 17 heavy (non-hydrogen) atoms. The van der Waals surface area contributed by atoms with Crippen molar-refractivity contribution in [2.24, 2.45) is 5.73 Å². The van der Waals surface area contributed by atoms with Crippen molar-refractivity contribution in [1.82, 2.24) is 5.32 Å². The molecule has 1 saturated carbocycles. The van der Waals surface area contributed by atoms with E-state index in [-0.39, 0.29) is 5.54 Å². The number of halogens is 1. The Kier molecular flexibility index (Phi) is 3.92. The molecule has 0 atom stereocenters. The molecule has 0 aliphatic heterocycles. The van der Waals surface area contributed by atoms with Gasteiger partial charge >= 0.3 is 0 Å². The van der Waals surface area contributed by atoms with Crippen LogP contribution in [0.2, 0.25) is 5.02 Å². The highest BCUT2D eigenvalue weighted by atomic mass is 35.5. The van der Waals surface area contributed by atoms with Gasteiger partial charge in [-0.2, -0.15) is 0 Å². The molecule has 0 heterocycles. The Morgan fingerprint density at radius 3 is 2.82 bits per heavy atom. The van der Waals surface area contributed by atoms with Crippen LogP contribution >= 0.6 is 11.6 Å².